The van der Waals surface area contributed by atoms with Crippen molar-refractivity contribution in [3.8, 4) is 11.8 Å². The van der Waals surface area contributed by atoms with Crippen molar-refractivity contribution < 1.29 is 4.79 Å². The highest BCUT2D eigenvalue weighted by Gasteiger charge is 2.11. The zero-order valence-corrected chi connectivity index (χ0v) is 13.7. The van der Waals surface area contributed by atoms with E-state index < -0.39 is 0 Å². The van der Waals surface area contributed by atoms with Crippen LogP contribution in [0.5, 0.6) is 0 Å². The van der Waals surface area contributed by atoms with E-state index >= 15 is 0 Å². The summed E-state index contributed by atoms with van der Waals surface area (Å²) in [5.41, 5.74) is 2.31. The monoisotopic (exact) mass is 337 g/mol. The number of halogens is 1. The summed E-state index contributed by atoms with van der Waals surface area (Å²) in [4.78, 5) is 16.6. The molecule has 0 bridgehead atoms. The van der Waals surface area contributed by atoms with Crippen LogP contribution in [0.3, 0.4) is 0 Å². The van der Waals surface area contributed by atoms with Gasteiger partial charge in [0.25, 0.3) is 0 Å². The highest BCUT2D eigenvalue weighted by atomic mass is 35.5. The molecule has 2 nitrogen and oxygen atoms in total. The number of aromatic nitrogens is 1. The number of carbonyl (C=O) groups is 1. The molecule has 0 saturated heterocycles. The van der Waals surface area contributed by atoms with Crippen LogP contribution >= 0.6 is 22.9 Å². The van der Waals surface area contributed by atoms with Gasteiger partial charge in [-0.3, -0.25) is 4.79 Å². The van der Waals surface area contributed by atoms with Crippen molar-refractivity contribution in [2.45, 2.75) is 6.42 Å². The van der Waals surface area contributed by atoms with Crippen molar-refractivity contribution in [3.63, 3.8) is 0 Å². The second-order valence-corrected chi connectivity index (χ2v) is 6.17. The smallest absolute Gasteiger partial charge is 0.186 e. The minimum atomic E-state index is -0.0173. The summed E-state index contributed by atoms with van der Waals surface area (Å²) in [6.45, 7) is 0. The van der Waals surface area contributed by atoms with Gasteiger partial charge in [-0.25, -0.2) is 4.98 Å². The fraction of sp³-hybridized carbons (Fsp3) is 0.0526. The molecule has 0 atom stereocenters. The average molecular weight is 338 g/mol. The number of Topliss-reactive ketones (excluding diaryl/α,β-unsaturated/α-hetero) is 1. The first kappa shape index (κ1) is 15.5. The number of thiazole rings is 1. The molecule has 0 unspecified atom stereocenters. The van der Waals surface area contributed by atoms with E-state index in [1.54, 1.807) is 17.5 Å². The highest BCUT2D eigenvalue weighted by Crippen LogP contribution is 2.14. The van der Waals surface area contributed by atoms with Crippen molar-refractivity contribution in [3.05, 3.63) is 86.8 Å². The summed E-state index contributed by atoms with van der Waals surface area (Å²) in [6, 6.07) is 17.0. The first-order valence-corrected chi connectivity index (χ1v) is 8.27. The maximum Gasteiger partial charge on any atom is 0.186 e. The second-order valence-electron chi connectivity index (χ2n) is 4.88. The molecule has 0 aliphatic heterocycles. The topological polar surface area (TPSA) is 30.0 Å². The van der Waals surface area contributed by atoms with Crippen LogP contribution < -0.4 is 0 Å². The average Bonchev–Trinajstić information content (AvgIpc) is 3.05. The lowest BCUT2D eigenvalue weighted by molar-refractivity contribution is 0.0989. The SMILES string of the molecule is O=C(Cc1ccc(Cl)cc1)c1csc(C#Cc2ccccc2)n1. The lowest BCUT2D eigenvalue weighted by Crippen LogP contribution is -2.03. The highest BCUT2D eigenvalue weighted by molar-refractivity contribution is 7.10. The Morgan fingerprint density at radius 3 is 2.52 bits per heavy atom. The van der Waals surface area contributed by atoms with Crippen molar-refractivity contribution in [1.82, 2.24) is 4.98 Å². The second kappa shape index (κ2) is 7.23. The molecule has 2 aromatic carbocycles. The molecule has 23 heavy (non-hydrogen) atoms. The van der Waals surface area contributed by atoms with Gasteiger partial charge >= 0.3 is 0 Å². The van der Waals surface area contributed by atoms with E-state index in [0.29, 0.717) is 22.1 Å². The van der Waals surface area contributed by atoms with Crippen LogP contribution in [-0.2, 0) is 6.42 Å². The molecule has 0 aliphatic carbocycles. The predicted molar refractivity (Wildman–Crippen MR) is 94.0 cm³/mol. The molecule has 4 heteroatoms. The molecule has 3 aromatic rings. The van der Waals surface area contributed by atoms with Gasteiger partial charge in [0.1, 0.15) is 5.69 Å². The number of hydrogen-bond acceptors (Lipinski definition) is 3. The molecule has 0 saturated carbocycles. The zero-order valence-electron chi connectivity index (χ0n) is 12.1. The van der Waals surface area contributed by atoms with Gasteiger partial charge in [-0.1, -0.05) is 47.9 Å². The Balaban J connectivity index is 1.70. The third-order valence-corrected chi connectivity index (χ3v) is 4.17. The lowest BCUT2D eigenvalue weighted by atomic mass is 10.1. The quantitative estimate of drug-likeness (QED) is 0.515. The molecule has 1 aromatic heterocycles. The van der Waals surface area contributed by atoms with E-state index in [2.05, 4.69) is 16.8 Å². The molecule has 1 heterocycles. The van der Waals surface area contributed by atoms with Gasteiger partial charge in [-0.05, 0) is 35.7 Å². The van der Waals surface area contributed by atoms with Gasteiger partial charge in [0.15, 0.2) is 10.8 Å². The van der Waals surface area contributed by atoms with Gasteiger partial charge in [0.2, 0.25) is 0 Å². The number of rotatable bonds is 3. The van der Waals surface area contributed by atoms with Crippen LogP contribution in [0.25, 0.3) is 0 Å². The molecular weight excluding hydrogens is 326 g/mol. The summed E-state index contributed by atoms with van der Waals surface area (Å²) >= 11 is 7.23. The third kappa shape index (κ3) is 4.29. The van der Waals surface area contributed by atoms with Crippen molar-refractivity contribution in [2.24, 2.45) is 0 Å². The third-order valence-electron chi connectivity index (χ3n) is 3.16. The normalized spacial score (nSPS) is 9.96. The molecule has 0 spiro atoms. The molecule has 0 aliphatic rings. The largest absolute Gasteiger partial charge is 0.292 e. The summed E-state index contributed by atoms with van der Waals surface area (Å²) in [5, 5.41) is 3.06. The fourth-order valence-electron chi connectivity index (χ4n) is 1.98. The minimum absolute atomic E-state index is 0.0173. The standard InChI is InChI=1S/C19H12ClNOS/c20-16-9-6-15(7-10-16)12-18(22)17-13-23-19(21-17)11-8-14-4-2-1-3-5-14/h1-7,9-10,13H,12H2. The Morgan fingerprint density at radius 1 is 1.04 bits per heavy atom. The number of benzene rings is 2. The maximum atomic E-state index is 12.2. The summed E-state index contributed by atoms with van der Waals surface area (Å²) < 4.78 is 0. The van der Waals surface area contributed by atoms with E-state index in [9.17, 15) is 4.79 Å². The number of hydrogen-bond donors (Lipinski definition) is 0. The van der Waals surface area contributed by atoms with Crippen LogP contribution in [0.2, 0.25) is 5.02 Å². The summed E-state index contributed by atoms with van der Waals surface area (Å²) in [5.74, 6) is 6.02. The van der Waals surface area contributed by atoms with Crippen LogP contribution in [-0.4, -0.2) is 10.8 Å². The first-order valence-electron chi connectivity index (χ1n) is 7.01. The van der Waals surface area contributed by atoms with Crippen molar-refractivity contribution >= 4 is 28.7 Å². The minimum Gasteiger partial charge on any atom is -0.292 e. The Kier molecular flexibility index (Phi) is 4.87. The molecule has 0 N–H and O–H groups in total. The van der Waals surface area contributed by atoms with Gasteiger partial charge in [-0.15, -0.1) is 11.3 Å². The van der Waals surface area contributed by atoms with Crippen LogP contribution in [0.4, 0.5) is 0 Å². The summed E-state index contributed by atoms with van der Waals surface area (Å²) in [7, 11) is 0. The van der Waals surface area contributed by atoms with E-state index in [1.165, 1.54) is 11.3 Å². The Bertz CT molecular complexity index is 873. The zero-order chi connectivity index (χ0) is 16.1. The Morgan fingerprint density at radius 2 is 1.78 bits per heavy atom. The lowest BCUT2D eigenvalue weighted by Gasteiger charge is -1.98. The predicted octanol–water partition coefficient (Wildman–Crippen LogP) is 4.62. The molecule has 112 valence electrons. The molecule has 0 fully saturated rings. The maximum absolute atomic E-state index is 12.2. The molecule has 0 amide bonds. The Hall–Kier alpha value is -2.41. The van der Waals surface area contributed by atoms with E-state index in [4.69, 9.17) is 11.6 Å². The van der Waals surface area contributed by atoms with E-state index in [0.717, 1.165) is 11.1 Å². The summed E-state index contributed by atoms with van der Waals surface area (Å²) in [6.07, 6.45) is 0.312. The number of ketones is 1. The fourth-order valence-corrected chi connectivity index (χ4v) is 2.78. The van der Waals surface area contributed by atoms with Gasteiger partial charge in [0.05, 0.1) is 0 Å². The Labute approximate surface area is 143 Å². The van der Waals surface area contributed by atoms with Gasteiger partial charge in [-0.2, -0.15) is 0 Å². The molecule has 0 radical (unpaired) electrons. The van der Waals surface area contributed by atoms with Crippen LogP contribution in [0.15, 0.2) is 60.0 Å². The van der Waals surface area contributed by atoms with Crippen LogP contribution in [0, 0.1) is 11.8 Å². The molecular formula is C19H12ClNOS. The van der Waals surface area contributed by atoms with E-state index in [-0.39, 0.29) is 5.78 Å². The number of carbonyl (C=O) groups excluding carboxylic acids is 1. The van der Waals surface area contributed by atoms with Crippen molar-refractivity contribution in [2.75, 3.05) is 0 Å². The van der Waals surface area contributed by atoms with Crippen molar-refractivity contribution in [1.29, 1.82) is 0 Å². The van der Waals surface area contributed by atoms with E-state index in [1.807, 2.05) is 42.5 Å². The molecule has 3 rings (SSSR count). The first-order chi connectivity index (χ1) is 11.2. The van der Waals surface area contributed by atoms with Crippen LogP contribution in [0.1, 0.15) is 26.6 Å². The van der Waals surface area contributed by atoms with Gasteiger partial charge in [0, 0.05) is 22.4 Å². The number of nitrogens with zero attached hydrogens (tertiary/aromatic N) is 1. The van der Waals surface area contributed by atoms with Gasteiger partial charge < -0.3 is 0 Å².